The third-order valence-electron chi connectivity index (χ3n) is 2.72. The van der Waals surface area contributed by atoms with Gasteiger partial charge in [0.15, 0.2) is 0 Å². The third kappa shape index (κ3) is 2.02. The van der Waals surface area contributed by atoms with Crippen molar-refractivity contribution in [2.24, 2.45) is 11.8 Å². The van der Waals surface area contributed by atoms with Crippen molar-refractivity contribution < 1.29 is 14.7 Å². The highest BCUT2D eigenvalue weighted by atomic mass is 32.1. The molecule has 0 aliphatic heterocycles. The van der Waals surface area contributed by atoms with E-state index < -0.39 is 11.9 Å². The number of aliphatic carboxylic acids is 1. The van der Waals surface area contributed by atoms with Crippen molar-refractivity contribution in [3.05, 3.63) is 16.8 Å². The first-order chi connectivity index (χ1) is 7.18. The molecule has 1 amide bonds. The van der Waals surface area contributed by atoms with Gasteiger partial charge in [-0.15, -0.1) is 0 Å². The SMILES string of the molecule is O=C(O)C1CCC1C(=O)Nc1ccsc1. The van der Waals surface area contributed by atoms with Crippen molar-refractivity contribution in [1.29, 1.82) is 0 Å². The first kappa shape index (κ1) is 10.2. The molecule has 1 aliphatic carbocycles. The Morgan fingerprint density at radius 1 is 1.40 bits per heavy atom. The van der Waals surface area contributed by atoms with Crippen LogP contribution in [0.5, 0.6) is 0 Å². The smallest absolute Gasteiger partial charge is 0.307 e. The number of thiophene rings is 1. The predicted octanol–water partition coefficient (Wildman–Crippen LogP) is 1.80. The second-order valence-electron chi connectivity index (χ2n) is 3.63. The summed E-state index contributed by atoms with van der Waals surface area (Å²) in [6.07, 6.45) is 1.28. The van der Waals surface area contributed by atoms with E-state index in [-0.39, 0.29) is 11.8 Å². The maximum atomic E-state index is 11.6. The Labute approximate surface area is 90.9 Å². The Bertz CT molecular complexity index is 374. The zero-order valence-corrected chi connectivity index (χ0v) is 8.79. The molecule has 2 N–H and O–H groups in total. The number of hydrogen-bond donors (Lipinski definition) is 2. The van der Waals surface area contributed by atoms with Crippen LogP contribution in [0.15, 0.2) is 16.8 Å². The lowest BCUT2D eigenvalue weighted by atomic mass is 9.73. The number of nitrogens with one attached hydrogen (secondary N) is 1. The van der Waals surface area contributed by atoms with Crippen LogP contribution in [0.4, 0.5) is 5.69 Å². The minimum absolute atomic E-state index is 0.174. The number of carbonyl (C=O) groups excluding carboxylic acids is 1. The van der Waals surface area contributed by atoms with E-state index in [4.69, 9.17) is 5.11 Å². The van der Waals surface area contributed by atoms with Gasteiger partial charge in [0.1, 0.15) is 0 Å². The van der Waals surface area contributed by atoms with E-state index in [1.165, 1.54) is 11.3 Å². The molecule has 15 heavy (non-hydrogen) atoms. The highest BCUT2D eigenvalue weighted by Crippen LogP contribution is 2.35. The van der Waals surface area contributed by atoms with E-state index in [9.17, 15) is 9.59 Å². The maximum absolute atomic E-state index is 11.6. The van der Waals surface area contributed by atoms with Crippen molar-refractivity contribution in [2.75, 3.05) is 5.32 Å². The van der Waals surface area contributed by atoms with Crippen LogP contribution in [-0.2, 0) is 9.59 Å². The Kier molecular flexibility index (Phi) is 2.73. The van der Waals surface area contributed by atoms with E-state index in [1.807, 2.05) is 10.8 Å². The normalized spacial score (nSPS) is 24.3. The van der Waals surface area contributed by atoms with Crippen molar-refractivity contribution in [3.8, 4) is 0 Å². The number of anilines is 1. The molecule has 0 radical (unpaired) electrons. The van der Waals surface area contributed by atoms with Crippen molar-refractivity contribution in [2.45, 2.75) is 12.8 Å². The fourth-order valence-corrected chi connectivity index (χ4v) is 2.27. The minimum Gasteiger partial charge on any atom is -0.481 e. The summed E-state index contributed by atoms with van der Waals surface area (Å²) in [5.74, 6) is -1.90. The summed E-state index contributed by atoms with van der Waals surface area (Å²) in [5.41, 5.74) is 0.751. The molecule has 0 spiro atoms. The summed E-state index contributed by atoms with van der Waals surface area (Å²) in [6.45, 7) is 0. The fraction of sp³-hybridized carbons (Fsp3) is 0.400. The maximum Gasteiger partial charge on any atom is 0.307 e. The van der Waals surface area contributed by atoms with Crippen molar-refractivity contribution in [1.82, 2.24) is 0 Å². The zero-order chi connectivity index (χ0) is 10.8. The minimum atomic E-state index is -0.869. The van der Waals surface area contributed by atoms with Gasteiger partial charge in [-0.3, -0.25) is 9.59 Å². The van der Waals surface area contributed by atoms with Gasteiger partial charge in [-0.05, 0) is 24.3 Å². The Balaban J connectivity index is 1.95. The zero-order valence-electron chi connectivity index (χ0n) is 7.97. The first-order valence-corrected chi connectivity index (χ1v) is 5.68. The number of carboxylic acids is 1. The van der Waals surface area contributed by atoms with Gasteiger partial charge in [0, 0.05) is 5.38 Å². The van der Waals surface area contributed by atoms with Gasteiger partial charge < -0.3 is 10.4 Å². The molecule has 80 valence electrons. The van der Waals surface area contributed by atoms with Crippen LogP contribution in [0.2, 0.25) is 0 Å². The summed E-state index contributed by atoms with van der Waals surface area (Å²) in [5, 5.41) is 15.2. The van der Waals surface area contributed by atoms with Crippen LogP contribution in [0.3, 0.4) is 0 Å². The monoisotopic (exact) mass is 225 g/mol. The van der Waals surface area contributed by atoms with Gasteiger partial charge in [0.05, 0.1) is 17.5 Å². The second-order valence-corrected chi connectivity index (χ2v) is 4.41. The van der Waals surface area contributed by atoms with Crippen LogP contribution >= 0.6 is 11.3 Å². The Morgan fingerprint density at radius 2 is 2.13 bits per heavy atom. The van der Waals surface area contributed by atoms with Gasteiger partial charge in [-0.25, -0.2) is 0 Å². The highest BCUT2D eigenvalue weighted by Gasteiger charge is 2.41. The average molecular weight is 225 g/mol. The second kappa shape index (κ2) is 4.02. The third-order valence-corrected chi connectivity index (χ3v) is 3.40. The lowest BCUT2D eigenvalue weighted by Crippen LogP contribution is -2.40. The van der Waals surface area contributed by atoms with E-state index in [2.05, 4.69) is 5.32 Å². The number of hydrogen-bond acceptors (Lipinski definition) is 3. The molecular weight excluding hydrogens is 214 g/mol. The lowest BCUT2D eigenvalue weighted by molar-refractivity contribution is -0.151. The molecule has 2 rings (SSSR count). The summed E-state index contributed by atoms with van der Waals surface area (Å²) in [4.78, 5) is 22.4. The molecule has 1 aromatic rings. The first-order valence-electron chi connectivity index (χ1n) is 4.74. The summed E-state index contributed by atoms with van der Waals surface area (Å²) < 4.78 is 0. The summed E-state index contributed by atoms with van der Waals surface area (Å²) in [6, 6.07) is 1.80. The van der Waals surface area contributed by atoms with Crippen LogP contribution < -0.4 is 5.32 Å². The van der Waals surface area contributed by atoms with Gasteiger partial charge in [0.2, 0.25) is 5.91 Å². The van der Waals surface area contributed by atoms with E-state index in [0.717, 1.165) is 5.69 Å². The molecule has 0 aromatic carbocycles. The van der Waals surface area contributed by atoms with Crippen molar-refractivity contribution >= 4 is 28.9 Å². The quantitative estimate of drug-likeness (QED) is 0.824. The van der Waals surface area contributed by atoms with Crippen LogP contribution in [0, 0.1) is 11.8 Å². The molecule has 0 saturated heterocycles. The molecule has 1 aliphatic rings. The van der Waals surface area contributed by atoms with E-state index >= 15 is 0 Å². The van der Waals surface area contributed by atoms with Gasteiger partial charge >= 0.3 is 5.97 Å². The molecule has 2 unspecified atom stereocenters. The number of rotatable bonds is 3. The average Bonchev–Trinajstić information content (AvgIpc) is 2.52. The standard InChI is InChI=1S/C10H11NO3S/c12-9(11-6-3-4-15-5-6)7-1-2-8(7)10(13)14/h3-5,7-8H,1-2H2,(H,11,12)(H,13,14). The predicted molar refractivity (Wildman–Crippen MR) is 56.8 cm³/mol. The Morgan fingerprint density at radius 3 is 2.60 bits per heavy atom. The van der Waals surface area contributed by atoms with E-state index in [0.29, 0.717) is 12.8 Å². The van der Waals surface area contributed by atoms with Crippen molar-refractivity contribution in [3.63, 3.8) is 0 Å². The summed E-state index contributed by atoms with van der Waals surface area (Å²) >= 11 is 1.49. The summed E-state index contributed by atoms with van der Waals surface area (Å²) in [7, 11) is 0. The van der Waals surface area contributed by atoms with Crippen LogP contribution in [0.25, 0.3) is 0 Å². The molecule has 1 fully saturated rings. The molecule has 2 atom stereocenters. The molecule has 1 aromatic heterocycles. The number of carbonyl (C=O) groups is 2. The molecule has 1 heterocycles. The number of carboxylic acid groups (broad SMARTS) is 1. The highest BCUT2D eigenvalue weighted by molar-refractivity contribution is 7.08. The molecule has 4 nitrogen and oxygen atoms in total. The largest absolute Gasteiger partial charge is 0.481 e. The molecule has 1 saturated carbocycles. The van der Waals surface area contributed by atoms with Crippen LogP contribution in [0.1, 0.15) is 12.8 Å². The van der Waals surface area contributed by atoms with Gasteiger partial charge in [-0.2, -0.15) is 11.3 Å². The topological polar surface area (TPSA) is 66.4 Å². The molecule has 5 heteroatoms. The molecular formula is C10H11NO3S. The number of amides is 1. The molecule has 0 bridgehead atoms. The lowest BCUT2D eigenvalue weighted by Gasteiger charge is -2.31. The van der Waals surface area contributed by atoms with Gasteiger partial charge in [-0.1, -0.05) is 0 Å². The van der Waals surface area contributed by atoms with Gasteiger partial charge in [0.25, 0.3) is 0 Å². The van der Waals surface area contributed by atoms with E-state index in [1.54, 1.807) is 6.07 Å². The van der Waals surface area contributed by atoms with Crippen LogP contribution in [-0.4, -0.2) is 17.0 Å². The Hall–Kier alpha value is -1.36. The fourth-order valence-electron chi connectivity index (χ4n) is 1.68.